The fraction of sp³-hybridized carbons (Fsp3) is 0.111. The molecule has 1 heterocycles. The van der Waals surface area contributed by atoms with Crippen LogP contribution in [0.2, 0.25) is 5.02 Å². The number of amides is 2. The van der Waals surface area contributed by atoms with Gasteiger partial charge in [0.25, 0.3) is 11.1 Å². The number of carbonyl (C=O) groups is 2. The number of rotatable bonds is 4. The van der Waals surface area contributed by atoms with E-state index in [2.05, 4.69) is 0 Å². The third kappa shape index (κ3) is 3.84. The number of anilines is 1. The Bertz CT molecular complexity index is 914. The summed E-state index contributed by atoms with van der Waals surface area (Å²) in [5.74, 6) is -0.00943. The minimum atomic E-state index is -0.400. The number of aromatic hydroxyl groups is 1. The van der Waals surface area contributed by atoms with Crippen LogP contribution in [-0.2, 0) is 4.79 Å². The maximum Gasteiger partial charge on any atom is 0.298 e. The second-order valence-electron chi connectivity index (χ2n) is 5.28. The van der Waals surface area contributed by atoms with Crippen LogP contribution in [0.15, 0.2) is 41.3 Å². The SMILES string of the molecule is CCOc1cc(/C=C2/SC(=O)N(c3ccc(Cl)cc3)C2=O)cc(I)c1O. The third-order valence-corrected chi connectivity index (χ3v) is 5.47. The lowest BCUT2D eigenvalue weighted by molar-refractivity contribution is -0.113. The van der Waals surface area contributed by atoms with Crippen LogP contribution in [-0.4, -0.2) is 22.9 Å². The van der Waals surface area contributed by atoms with Gasteiger partial charge in [-0.1, -0.05) is 11.6 Å². The average molecular weight is 502 g/mol. The molecular formula is C18H13ClINO4S. The molecule has 1 aliphatic heterocycles. The molecule has 3 rings (SSSR count). The second-order valence-corrected chi connectivity index (χ2v) is 7.87. The van der Waals surface area contributed by atoms with Crippen LogP contribution in [0.4, 0.5) is 10.5 Å². The zero-order valence-electron chi connectivity index (χ0n) is 13.5. The molecule has 2 amide bonds. The summed E-state index contributed by atoms with van der Waals surface area (Å²) in [5.41, 5.74) is 1.13. The maximum atomic E-state index is 12.7. The number of ether oxygens (including phenoxy) is 1. The first kappa shape index (κ1) is 19.1. The van der Waals surface area contributed by atoms with Crippen molar-refractivity contribution in [1.29, 1.82) is 0 Å². The van der Waals surface area contributed by atoms with Crippen LogP contribution in [0.25, 0.3) is 6.08 Å². The number of thioether (sulfide) groups is 1. The molecule has 2 aromatic carbocycles. The Hall–Kier alpha value is -1.71. The van der Waals surface area contributed by atoms with Gasteiger partial charge in [0.2, 0.25) is 0 Å². The van der Waals surface area contributed by atoms with Gasteiger partial charge in [0, 0.05) is 5.02 Å². The van der Waals surface area contributed by atoms with Gasteiger partial charge in [0.05, 0.1) is 20.8 Å². The van der Waals surface area contributed by atoms with E-state index in [1.807, 2.05) is 29.5 Å². The summed E-state index contributed by atoms with van der Waals surface area (Å²) in [7, 11) is 0. The first-order valence-electron chi connectivity index (χ1n) is 7.59. The van der Waals surface area contributed by atoms with Crippen LogP contribution in [0.5, 0.6) is 11.5 Å². The van der Waals surface area contributed by atoms with Crippen LogP contribution in [0.3, 0.4) is 0 Å². The first-order chi connectivity index (χ1) is 12.4. The molecule has 0 aromatic heterocycles. The molecule has 0 saturated carbocycles. The molecule has 0 unspecified atom stereocenters. The summed E-state index contributed by atoms with van der Waals surface area (Å²) < 4.78 is 6.00. The van der Waals surface area contributed by atoms with Crippen molar-refractivity contribution in [3.63, 3.8) is 0 Å². The Morgan fingerprint density at radius 1 is 1.27 bits per heavy atom. The normalized spacial score (nSPS) is 15.8. The Morgan fingerprint density at radius 3 is 2.62 bits per heavy atom. The molecule has 1 fully saturated rings. The molecule has 1 N–H and O–H groups in total. The smallest absolute Gasteiger partial charge is 0.298 e. The largest absolute Gasteiger partial charge is 0.504 e. The molecule has 26 heavy (non-hydrogen) atoms. The highest BCUT2D eigenvalue weighted by atomic mass is 127. The molecule has 1 saturated heterocycles. The fourth-order valence-corrected chi connectivity index (χ4v) is 3.97. The summed E-state index contributed by atoms with van der Waals surface area (Å²) in [6, 6.07) is 9.85. The quantitative estimate of drug-likeness (QED) is 0.455. The lowest BCUT2D eigenvalue weighted by Gasteiger charge is -2.12. The summed E-state index contributed by atoms with van der Waals surface area (Å²) in [5, 5.41) is 10.2. The number of halogens is 2. The van der Waals surface area contributed by atoms with Crippen LogP contribution in [0, 0.1) is 3.57 Å². The minimum Gasteiger partial charge on any atom is -0.504 e. The van der Waals surface area contributed by atoms with E-state index < -0.39 is 5.91 Å². The van der Waals surface area contributed by atoms with Crippen LogP contribution >= 0.6 is 46.0 Å². The maximum absolute atomic E-state index is 12.7. The van der Waals surface area contributed by atoms with Crippen molar-refractivity contribution < 1.29 is 19.4 Å². The molecule has 0 bridgehead atoms. The van der Waals surface area contributed by atoms with Gasteiger partial charge in [-0.25, -0.2) is 4.90 Å². The number of nitrogens with zero attached hydrogens (tertiary/aromatic N) is 1. The van der Waals surface area contributed by atoms with E-state index in [9.17, 15) is 14.7 Å². The van der Waals surface area contributed by atoms with Gasteiger partial charge >= 0.3 is 0 Å². The fourth-order valence-electron chi connectivity index (χ4n) is 2.37. The Balaban J connectivity index is 1.94. The highest BCUT2D eigenvalue weighted by molar-refractivity contribution is 14.1. The number of imide groups is 1. The van der Waals surface area contributed by atoms with Crippen LogP contribution < -0.4 is 9.64 Å². The minimum absolute atomic E-state index is 0.0545. The summed E-state index contributed by atoms with van der Waals surface area (Å²) in [6.07, 6.45) is 1.62. The molecule has 8 heteroatoms. The van der Waals surface area contributed by atoms with Crippen molar-refractivity contribution in [1.82, 2.24) is 0 Å². The van der Waals surface area contributed by atoms with E-state index in [0.717, 1.165) is 16.7 Å². The monoisotopic (exact) mass is 501 g/mol. The van der Waals surface area contributed by atoms with Gasteiger partial charge in [-0.15, -0.1) is 0 Å². The first-order valence-corrected chi connectivity index (χ1v) is 9.87. The highest BCUT2D eigenvalue weighted by Crippen LogP contribution is 2.38. The molecule has 1 aliphatic rings. The number of phenolic OH excluding ortho intramolecular Hbond substituents is 1. The average Bonchev–Trinajstić information content (AvgIpc) is 2.87. The predicted octanol–water partition coefficient (Wildman–Crippen LogP) is 5.29. The van der Waals surface area contributed by atoms with E-state index in [1.54, 1.807) is 42.5 Å². The van der Waals surface area contributed by atoms with E-state index in [1.165, 1.54) is 0 Å². The molecule has 0 spiro atoms. The van der Waals surface area contributed by atoms with Gasteiger partial charge in [-0.2, -0.15) is 0 Å². The van der Waals surface area contributed by atoms with Crippen molar-refractivity contribution >= 4 is 68.9 Å². The van der Waals surface area contributed by atoms with E-state index in [-0.39, 0.29) is 11.0 Å². The number of phenols is 1. The molecular weight excluding hydrogens is 489 g/mol. The van der Waals surface area contributed by atoms with E-state index >= 15 is 0 Å². The Kier molecular flexibility index (Phi) is 5.79. The van der Waals surface area contributed by atoms with Gasteiger partial charge in [-0.05, 0) is 89.3 Å². The van der Waals surface area contributed by atoms with Gasteiger partial charge in [-0.3, -0.25) is 9.59 Å². The second kappa shape index (κ2) is 7.89. The molecule has 2 aromatic rings. The molecule has 0 radical (unpaired) electrons. The zero-order chi connectivity index (χ0) is 18.8. The third-order valence-electron chi connectivity index (χ3n) is 3.53. The molecule has 5 nitrogen and oxygen atoms in total. The van der Waals surface area contributed by atoms with Gasteiger partial charge in [0.1, 0.15) is 0 Å². The van der Waals surface area contributed by atoms with Crippen molar-refractivity contribution in [3.05, 3.63) is 55.5 Å². The lowest BCUT2D eigenvalue weighted by Crippen LogP contribution is -2.27. The van der Waals surface area contributed by atoms with Crippen molar-refractivity contribution in [3.8, 4) is 11.5 Å². The lowest BCUT2D eigenvalue weighted by atomic mass is 10.2. The van der Waals surface area contributed by atoms with Crippen molar-refractivity contribution in [2.24, 2.45) is 0 Å². The van der Waals surface area contributed by atoms with Crippen LogP contribution in [0.1, 0.15) is 12.5 Å². The number of hydrogen-bond donors (Lipinski definition) is 1. The van der Waals surface area contributed by atoms with Crippen molar-refractivity contribution in [2.75, 3.05) is 11.5 Å². The van der Waals surface area contributed by atoms with E-state index in [4.69, 9.17) is 16.3 Å². The summed E-state index contributed by atoms with van der Waals surface area (Å²) in [4.78, 5) is 26.4. The van der Waals surface area contributed by atoms with Gasteiger partial charge < -0.3 is 9.84 Å². The summed E-state index contributed by atoms with van der Waals surface area (Å²) in [6.45, 7) is 2.22. The standard InChI is InChI=1S/C18H13ClINO4S/c1-2-25-14-8-10(7-13(20)16(14)22)9-15-17(23)21(18(24)26-15)12-5-3-11(19)4-6-12/h3-9,22H,2H2,1H3/b15-9+. The number of carbonyl (C=O) groups excluding carboxylic acids is 2. The molecule has 134 valence electrons. The number of hydrogen-bond acceptors (Lipinski definition) is 5. The predicted molar refractivity (Wildman–Crippen MR) is 112 cm³/mol. The van der Waals surface area contributed by atoms with Crippen molar-refractivity contribution in [2.45, 2.75) is 6.92 Å². The molecule has 0 atom stereocenters. The zero-order valence-corrected chi connectivity index (χ0v) is 17.3. The van der Waals surface area contributed by atoms with E-state index in [0.29, 0.717) is 37.1 Å². The summed E-state index contributed by atoms with van der Waals surface area (Å²) >= 11 is 8.71. The Morgan fingerprint density at radius 2 is 1.96 bits per heavy atom. The highest BCUT2D eigenvalue weighted by Gasteiger charge is 2.36. The molecule has 0 aliphatic carbocycles. The topological polar surface area (TPSA) is 66.8 Å². The number of benzene rings is 2. The van der Waals surface area contributed by atoms with Gasteiger partial charge in [0.15, 0.2) is 11.5 Å². The Labute approximate surface area is 173 Å².